The zero-order valence-electron chi connectivity index (χ0n) is 16.3. The lowest BCUT2D eigenvalue weighted by Crippen LogP contribution is -2.32. The minimum absolute atomic E-state index is 0.0184. The maximum Gasteiger partial charge on any atom is 0.374 e. The summed E-state index contributed by atoms with van der Waals surface area (Å²) in [5.41, 5.74) is 0.771. The number of Topliss-reactive ketones (excluding diaryl/α,β-unsaturated/α-hetero) is 1. The van der Waals surface area contributed by atoms with Crippen molar-refractivity contribution in [1.29, 1.82) is 0 Å². The van der Waals surface area contributed by atoms with Crippen LogP contribution in [0.1, 0.15) is 33.2 Å². The van der Waals surface area contributed by atoms with Crippen molar-refractivity contribution in [3.05, 3.63) is 105 Å². The summed E-state index contributed by atoms with van der Waals surface area (Å²) in [4.78, 5) is 45.9. The number of aryl methyl sites for hydroxylation is 1. The van der Waals surface area contributed by atoms with Crippen LogP contribution in [0.5, 0.6) is 5.88 Å². The summed E-state index contributed by atoms with van der Waals surface area (Å²) in [5, 5.41) is 0. The van der Waals surface area contributed by atoms with Crippen LogP contribution in [0, 0.1) is 6.92 Å². The average molecular weight is 402 g/mol. The first-order valence-electron chi connectivity index (χ1n) is 9.27. The second kappa shape index (κ2) is 7.79. The molecule has 1 aromatic heterocycles. The number of hydrogen-bond acceptors (Lipinski definition) is 6. The lowest BCUT2D eigenvalue weighted by atomic mass is 9.80. The van der Waals surface area contributed by atoms with Gasteiger partial charge in [-0.15, -0.1) is 0 Å². The lowest BCUT2D eigenvalue weighted by Gasteiger charge is -2.28. The van der Waals surface area contributed by atoms with Crippen molar-refractivity contribution in [2.45, 2.75) is 12.8 Å². The molecule has 7 nitrogen and oxygen atoms in total. The van der Waals surface area contributed by atoms with Gasteiger partial charge in [0.25, 0.3) is 5.56 Å². The zero-order valence-corrected chi connectivity index (χ0v) is 16.3. The van der Waals surface area contributed by atoms with Crippen molar-refractivity contribution in [2.24, 2.45) is 0 Å². The van der Waals surface area contributed by atoms with Crippen molar-refractivity contribution in [3.63, 3.8) is 0 Å². The number of aromatic amines is 1. The highest BCUT2D eigenvalue weighted by molar-refractivity contribution is 6.14. The number of nitrogens with zero attached hydrogens (tertiary/aromatic N) is 1. The van der Waals surface area contributed by atoms with Crippen LogP contribution in [0.2, 0.25) is 0 Å². The molecule has 7 heteroatoms. The van der Waals surface area contributed by atoms with Gasteiger partial charge in [0.15, 0.2) is 5.78 Å². The van der Waals surface area contributed by atoms with E-state index in [2.05, 4.69) is 9.97 Å². The maximum absolute atomic E-state index is 13.5. The van der Waals surface area contributed by atoms with E-state index in [1.165, 1.54) is 7.11 Å². The molecular weight excluding hydrogens is 384 g/mol. The van der Waals surface area contributed by atoms with Gasteiger partial charge < -0.3 is 14.5 Å². The largest absolute Gasteiger partial charge is 0.463 e. The molecule has 2 heterocycles. The molecule has 0 radical (unpaired) electrons. The molecule has 0 unspecified atom stereocenters. The third-order valence-corrected chi connectivity index (χ3v) is 4.84. The van der Waals surface area contributed by atoms with Gasteiger partial charge in [-0.3, -0.25) is 9.59 Å². The van der Waals surface area contributed by atoms with Crippen molar-refractivity contribution in [3.8, 4) is 5.88 Å². The number of ketones is 1. The van der Waals surface area contributed by atoms with E-state index in [9.17, 15) is 14.4 Å². The third-order valence-electron chi connectivity index (χ3n) is 4.84. The normalized spacial score (nSPS) is 15.2. The first-order valence-corrected chi connectivity index (χ1v) is 9.27. The number of methoxy groups -OCH3 is 1. The number of allylic oxidation sites excluding steroid dienone is 1. The fourth-order valence-electron chi connectivity index (χ4n) is 3.53. The molecule has 1 aliphatic heterocycles. The highest BCUT2D eigenvalue weighted by atomic mass is 16.6. The standard InChI is InChI=1S/C23H18N2O5/c1-13-24-21(27)18-16(14-9-5-3-6-10-14)17(19(26)15-11-7-4-8-12-15)20(23(28)29-2)30-22(18)25-13/h3-12,16H,1-2H3,(H,24,25,27)/t16-/m0/s1. The molecule has 0 amide bonds. The van der Waals surface area contributed by atoms with Crippen molar-refractivity contribution in [1.82, 2.24) is 9.97 Å². The third kappa shape index (κ3) is 3.30. The number of ether oxygens (including phenoxy) is 2. The van der Waals surface area contributed by atoms with Crippen LogP contribution in [0.4, 0.5) is 0 Å². The molecular formula is C23H18N2O5. The Morgan fingerprint density at radius 3 is 2.30 bits per heavy atom. The summed E-state index contributed by atoms with van der Waals surface area (Å²) < 4.78 is 10.6. The Kier molecular flexibility index (Phi) is 5.02. The van der Waals surface area contributed by atoms with Crippen LogP contribution in [0.15, 0.2) is 76.8 Å². The second-order valence-electron chi connectivity index (χ2n) is 6.75. The van der Waals surface area contributed by atoms with Gasteiger partial charge >= 0.3 is 5.97 Å². The predicted molar refractivity (Wildman–Crippen MR) is 108 cm³/mol. The van der Waals surface area contributed by atoms with E-state index >= 15 is 0 Å². The SMILES string of the molecule is COC(=O)C1=C(C(=O)c2ccccc2)[C@H](c2ccccc2)c2c(nc(C)[nH]c2=O)O1. The minimum atomic E-state index is -0.853. The Morgan fingerprint density at radius 1 is 1.03 bits per heavy atom. The van der Waals surface area contributed by atoms with Crippen LogP contribution in [-0.2, 0) is 9.53 Å². The Labute approximate surface area is 172 Å². The van der Waals surface area contributed by atoms with Crippen LogP contribution >= 0.6 is 0 Å². The monoisotopic (exact) mass is 402 g/mol. The zero-order chi connectivity index (χ0) is 21.3. The topological polar surface area (TPSA) is 98.4 Å². The Bertz CT molecular complexity index is 1210. The molecule has 0 saturated carbocycles. The molecule has 0 aliphatic carbocycles. The van der Waals surface area contributed by atoms with Gasteiger partial charge in [-0.2, -0.15) is 4.98 Å². The smallest absolute Gasteiger partial charge is 0.374 e. The number of benzene rings is 2. The van der Waals surface area contributed by atoms with Crippen LogP contribution in [-0.4, -0.2) is 28.8 Å². The van der Waals surface area contributed by atoms with E-state index in [1.54, 1.807) is 61.5 Å². The molecule has 0 fully saturated rings. The van der Waals surface area contributed by atoms with Crippen LogP contribution in [0.3, 0.4) is 0 Å². The molecule has 1 N–H and O–H groups in total. The lowest BCUT2D eigenvalue weighted by molar-refractivity contribution is -0.138. The fraction of sp³-hybridized carbons (Fsp3) is 0.130. The van der Waals surface area contributed by atoms with E-state index < -0.39 is 23.2 Å². The van der Waals surface area contributed by atoms with Gasteiger partial charge in [0.1, 0.15) is 5.82 Å². The van der Waals surface area contributed by atoms with E-state index in [-0.39, 0.29) is 22.8 Å². The molecule has 30 heavy (non-hydrogen) atoms. The molecule has 1 atom stereocenters. The number of carbonyl (C=O) groups excluding carboxylic acids is 2. The Morgan fingerprint density at radius 2 is 1.67 bits per heavy atom. The van der Waals surface area contributed by atoms with Crippen LogP contribution in [0.25, 0.3) is 0 Å². The van der Waals surface area contributed by atoms with Gasteiger partial charge in [0.05, 0.1) is 24.2 Å². The summed E-state index contributed by atoms with van der Waals surface area (Å²) >= 11 is 0. The van der Waals surface area contributed by atoms with Gasteiger partial charge in [-0.1, -0.05) is 60.7 Å². The van der Waals surface area contributed by atoms with Crippen molar-refractivity contribution >= 4 is 11.8 Å². The fourth-order valence-corrected chi connectivity index (χ4v) is 3.53. The van der Waals surface area contributed by atoms with E-state index in [0.29, 0.717) is 17.0 Å². The number of rotatable bonds is 4. The highest BCUT2D eigenvalue weighted by Gasteiger charge is 2.41. The summed E-state index contributed by atoms with van der Waals surface area (Å²) in [5.74, 6) is -2.07. The molecule has 4 rings (SSSR count). The van der Waals surface area contributed by atoms with E-state index in [1.807, 2.05) is 6.07 Å². The molecule has 2 aromatic carbocycles. The van der Waals surface area contributed by atoms with Crippen molar-refractivity contribution in [2.75, 3.05) is 7.11 Å². The molecule has 150 valence electrons. The summed E-state index contributed by atoms with van der Waals surface area (Å²) in [6, 6.07) is 17.5. The molecule has 0 spiro atoms. The summed E-state index contributed by atoms with van der Waals surface area (Å²) in [7, 11) is 1.20. The van der Waals surface area contributed by atoms with Gasteiger partial charge in [-0.05, 0) is 12.5 Å². The summed E-state index contributed by atoms with van der Waals surface area (Å²) in [6.07, 6.45) is 0. The number of fused-ring (bicyclic) bond motifs is 1. The van der Waals surface area contributed by atoms with E-state index in [4.69, 9.17) is 9.47 Å². The quantitative estimate of drug-likeness (QED) is 0.532. The second-order valence-corrected chi connectivity index (χ2v) is 6.75. The molecule has 3 aromatic rings. The first kappa shape index (κ1) is 19.3. The average Bonchev–Trinajstić information content (AvgIpc) is 2.77. The van der Waals surface area contributed by atoms with Crippen LogP contribution < -0.4 is 10.3 Å². The van der Waals surface area contributed by atoms with E-state index in [0.717, 1.165) is 0 Å². The van der Waals surface area contributed by atoms with Gasteiger partial charge in [0.2, 0.25) is 11.6 Å². The maximum atomic E-state index is 13.5. The molecule has 0 saturated heterocycles. The summed E-state index contributed by atoms with van der Waals surface area (Å²) in [6.45, 7) is 1.61. The van der Waals surface area contributed by atoms with Gasteiger partial charge in [-0.25, -0.2) is 4.79 Å². The van der Waals surface area contributed by atoms with Crippen molar-refractivity contribution < 1.29 is 19.1 Å². The predicted octanol–water partition coefficient (Wildman–Crippen LogP) is 2.91. The Hall–Kier alpha value is -4.00. The minimum Gasteiger partial charge on any atom is -0.463 e. The molecule has 1 aliphatic rings. The number of carbonyl (C=O) groups is 2. The first-order chi connectivity index (χ1) is 14.5. The number of H-pyrrole nitrogens is 1. The number of hydrogen-bond donors (Lipinski definition) is 1. The number of nitrogens with one attached hydrogen (secondary N) is 1. The molecule has 0 bridgehead atoms. The van der Waals surface area contributed by atoms with Gasteiger partial charge in [0, 0.05) is 5.56 Å². The highest BCUT2D eigenvalue weighted by Crippen LogP contribution is 2.42. The number of esters is 1. The Balaban J connectivity index is 2.04. The number of aromatic nitrogens is 2.